The predicted molar refractivity (Wildman–Crippen MR) is 123 cm³/mol. The topological polar surface area (TPSA) is 63.9 Å². The lowest BCUT2D eigenvalue weighted by Gasteiger charge is -2.33. The van der Waals surface area contributed by atoms with Crippen molar-refractivity contribution in [1.29, 1.82) is 0 Å². The van der Waals surface area contributed by atoms with Gasteiger partial charge in [-0.05, 0) is 48.9 Å². The van der Waals surface area contributed by atoms with E-state index in [9.17, 15) is 4.79 Å². The molecule has 2 heterocycles. The first-order valence-corrected chi connectivity index (χ1v) is 11.1. The molecule has 6 nitrogen and oxygen atoms in total. The lowest BCUT2D eigenvalue weighted by molar-refractivity contribution is 0.0117. The van der Waals surface area contributed by atoms with E-state index in [1.54, 1.807) is 12.1 Å². The molecule has 1 amide bonds. The van der Waals surface area contributed by atoms with Gasteiger partial charge < -0.3 is 19.2 Å². The lowest BCUT2D eigenvalue weighted by Crippen LogP contribution is -2.43. The van der Waals surface area contributed by atoms with Crippen molar-refractivity contribution in [2.75, 3.05) is 32.8 Å². The number of aryl methyl sites for hydroxylation is 1. The van der Waals surface area contributed by atoms with Gasteiger partial charge in [-0.3, -0.25) is 9.69 Å². The summed E-state index contributed by atoms with van der Waals surface area (Å²) in [6.07, 6.45) is 0. The maximum absolute atomic E-state index is 13.1. The van der Waals surface area contributed by atoms with E-state index in [-0.39, 0.29) is 11.9 Å². The summed E-state index contributed by atoms with van der Waals surface area (Å²) in [6, 6.07) is 18.6. The summed E-state index contributed by atoms with van der Waals surface area (Å²) in [5, 5.41) is 3.75. The number of hydrogen-bond donors (Lipinski definition) is 1. The quantitative estimate of drug-likeness (QED) is 0.538. The number of furan rings is 1. The number of nitrogens with one attached hydrogen (secondary N) is 1. The maximum atomic E-state index is 13.1. The van der Waals surface area contributed by atoms with Gasteiger partial charge in [-0.1, -0.05) is 35.9 Å². The molecular weight excluding hydrogens is 428 g/mol. The summed E-state index contributed by atoms with van der Waals surface area (Å²) in [7, 11) is 0. The molecule has 1 fully saturated rings. The molecular formula is C25H27ClN2O4. The van der Waals surface area contributed by atoms with Crippen LogP contribution >= 0.6 is 11.6 Å². The molecule has 3 aromatic rings. The predicted octanol–water partition coefficient (Wildman–Crippen LogP) is 4.62. The molecule has 7 heteroatoms. The van der Waals surface area contributed by atoms with E-state index < -0.39 is 0 Å². The molecule has 0 bridgehead atoms. The molecule has 1 saturated heterocycles. The third-order valence-corrected chi connectivity index (χ3v) is 5.72. The number of amides is 1. The summed E-state index contributed by atoms with van der Waals surface area (Å²) < 4.78 is 17.3. The molecule has 1 aromatic heterocycles. The smallest absolute Gasteiger partial charge is 0.255 e. The van der Waals surface area contributed by atoms with Crippen LogP contribution in [0, 0.1) is 6.92 Å². The number of nitrogens with zero attached hydrogens (tertiary/aromatic N) is 1. The normalized spacial score (nSPS) is 15.3. The van der Waals surface area contributed by atoms with E-state index in [0.717, 1.165) is 30.2 Å². The first kappa shape index (κ1) is 22.4. The number of halogens is 1. The molecule has 0 radical (unpaired) electrons. The summed E-state index contributed by atoms with van der Waals surface area (Å²) in [5.41, 5.74) is 1.47. The van der Waals surface area contributed by atoms with Crippen LogP contribution in [0.3, 0.4) is 0 Å². The second-order valence-corrected chi connectivity index (χ2v) is 8.17. The zero-order chi connectivity index (χ0) is 22.3. The number of carbonyl (C=O) groups is 1. The van der Waals surface area contributed by atoms with E-state index in [0.29, 0.717) is 42.7 Å². The Balaban J connectivity index is 1.43. The highest BCUT2D eigenvalue weighted by Crippen LogP contribution is 2.24. The number of carbonyl (C=O) groups excluding carboxylic acids is 1. The minimum Gasteiger partial charge on any atom is -0.488 e. The van der Waals surface area contributed by atoms with E-state index in [1.165, 1.54) is 0 Å². The highest BCUT2D eigenvalue weighted by Gasteiger charge is 2.26. The van der Waals surface area contributed by atoms with Gasteiger partial charge in [0.1, 0.15) is 23.9 Å². The van der Waals surface area contributed by atoms with Gasteiger partial charge in [0.2, 0.25) is 0 Å². The van der Waals surface area contributed by atoms with Gasteiger partial charge in [-0.25, -0.2) is 0 Å². The number of rotatable bonds is 8. The van der Waals surface area contributed by atoms with Gasteiger partial charge in [0, 0.05) is 24.7 Å². The molecule has 0 saturated carbocycles. The standard InChI is InChI=1S/C25H27ClN2O4/c1-18-6-11-24(32-18)22(28-12-14-30-15-13-28)16-27-25(29)21-4-2-3-5-23(21)31-17-19-7-9-20(26)10-8-19/h2-11,22H,12-17H2,1H3,(H,27,29). The lowest BCUT2D eigenvalue weighted by atomic mass is 10.1. The highest BCUT2D eigenvalue weighted by molar-refractivity contribution is 6.30. The number of morpholine rings is 1. The van der Waals surface area contributed by atoms with Crippen LogP contribution in [0.4, 0.5) is 0 Å². The van der Waals surface area contributed by atoms with Crippen LogP contribution < -0.4 is 10.1 Å². The van der Waals surface area contributed by atoms with Crippen LogP contribution in [0.5, 0.6) is 5.75 Å². The Labute approximate surface area is 193 Å². The summed E-state index contributed by atoms with van der Waals surface area (Å²) in [5.74, 6) is 2.05. The summed E-state index contributed by atoms with van der Waals surface area (Å²) in [6.45, 7) is 5.63. The SMILES string of the molecule is Cc1ccc(C(CNC(=O)c2ccccc2OCc2ccc(Cl)cc2)N2CCOCC2)o1. The van der Waals surface area contributed by atoms with Crippen molar-refractivity contribution < 1.29 is 18.7 Å². The molecule has 2 aromatic carbocycles. The molecule has 1 aliphatic rings. The Morgan fingerprint density at radius 3 is 2.56 bits per heavy atom. The third-order valence-electron chi connectivity index (χ3n) is 5.47. The summed E-state index contributed by atoms with van der Waals surface area (Å²) >= 11 is 5.95. The third kappa shape index (κ3) is 5.71. The second-order valence-electron chi connectivity index (χ2n) is 7.73. The highest BCUT2D eigenvalue weighted by atomic mass is 35.5. The van der Waals surface area contributed by atoms with Gasteiger partial charge >= 0.3 is 0 Å². The number of ether oxygens (including phenoxy) is 2. The Morgan fingerprint density at radius 1 is 1.09 bits per heavy atom. The van der Waals surface area contributed by atoms with E-state index in [4.69, 9.17) is 25.5 Å². The molecule has 1 atom stereocenters. The van der Waals surface area contributed by atoms with E-state index in [1.807, 2.05) is 55.5 Å². The minimum atomic E-state index is -0.182. The van der Waals surface area contributed by atoms with Crippen LogP contribution in [0.1, 0.15) is 33.5 Å². The molecule has 1 aliphatic heterocycles. The monoisotopic (exact) mass is 454 g/mol. The first-order chi connectivity index (χ1) is 15.6. The maximum Gasteiger partial charge on any atom is 0.255 e. The molecule has 1 N–H and O–H groups in total. The Morgan fingerprint density at radius 2 is 1.84 bits per heavy atom. The minimum absolute atomic E-state index is 0.0568. The average molecular weight is 455 g/mol. The van der Waals surface area contributed by atoms with Gasteiger partial charge in [0.05, 0.1) is 24.8 Å². The van der Waals surface area contributed by atoms with Crippen molar-refractivity contribution in [2.24, 2.45) is 0 Å². The number of para-hydroxylation sites is 1. The summed E-state index contributed by atoms with van der Waals surface area (Å²) in [4.78, 5) is 15.3. The van der Waals surface area contributed by atoms with E-state index in [2.05, 4.69) is 10.2 Å². The fourth-order valence-corrected chi connectivity index (χ4v) is 3.86. The Hall–Kier alpha value is -2.80. The zero-order valence-corrected chi connectivity index (χ0v) is 18.8. The van der Waals surface area contributed by atoms with Crippen molar-refractivity contribution in [3.63, 3.8) is 0 Å². The fourth-order valence-electron chi connectivity index (χ4n) is 3.74. The number of benzene rings is 2. The zero-order valence-electron chi connectivity index (χ0n) is 18.1. The van der Waals surface area contributed by atoms with Gasteiger partial charge in [-0.15, -0.1) is 0 Å². The average Bonchev–Trinajstić information content (AvgIpc) is 3.25. The fraction of sp³-hybridized carbons (Fsp3) is 0.320. The van der Waals surface area contributed by atoms with Crippen molar-refractivity contribution in [2.45, 2.75) is 19.6 Å². The van der Waals surface area contributed by atoms with Crippen molar-refractivity contribution >= 4 is 17.5 Å². The van der Waals surface area contributed by atoms with Crippen molar-refractivity contribution in [1.82, 2.24) is 10.2 Å². The molecule has 32 heavy (non-hydrogen) atoms. The van der Waals surface area contributed by atoms with E-state index >= 15 is 0 Å². The molecule has 4 rings (SSSR count). The van der Waals surface area contributed by atoms with Crippen LogP contribution in [0.25, 0.3) is 0 Å². The van der Waals surface area contributed by atoms with Crippen molar-refractivity contribution in [3.8, 4) is 5.75 Å². The Bertz CT molecular complexity index is 1030. The molecule has 168 valence electrons. The number of hydrogen-bond acceptors (Lipinski definition) is 5. The van der Waals surface area contributed by atoms with Gasteiger partial charge in [-0.2, -0.15) is 0 Å². The van der Waals surface area contributed by atoms with Crippen LogP contribution in [-0.2, 0) is 11.3 Å². The van der Waals surface area contributed by atoms with Crippen LogP contribution in [0.2, 0.25) is 5.02 Å². The van der Waals surface area contributed by atoms with Gasteiger partial charge in [0.25, 0.3) is 5.91 Å². The Kier molecular flexibility index (Phi) is 7.47. The van der Waals surface area contributed by atoms with Crippen molar-refractivity contribution in [3.05, 3.63) is 88.3 Å². The second kappa shape index (κ2) is 10.7. The molecule has 0 aliphatic carbocycles. The van der Waals surface area contributed by atoms with Crippen LogP contribution in [0.15, 0.2) is 65.1 Å². The van der Waals surface area contributed by atoms with Crippen LogP contribution in [-0.4, -0.2) is 43.7 Å². The first-order valence-electron chi connectivity index (χ1n) is 10.7. The molecule has 0 spiro atoms. The molecule has 1 unspecified atom stereocenters. The van der Waals surface area contributed by atoms with Gasteiger partial charge in [0.15, 0.2) is 0 Å². The largest absolute Gasteiger partial charge is 0.488 e.